The molecule has 1 aromatic carbocycles. The van der Waals surface area contributed by atoms with Crippen LogP contribution >= 0.6 is 11.6 Å². The van der Waals surface area contributed by atoms with Gasteiger partial charge in [-0.05, 0) is 56.4 Å². The zero-order valence-electron chi connectivity index (χ0n) is 18.2. The summed E-state index contributed by atoms with van der Waals surface area (Å²) in [5.74, 6) is 0. The lowest BCUT2D eigenvalue weighted by Gasteiger charge is -2.48. The van der Waals surface area contributed by atoms with Gasteiger partial charge in [-0.15, -0.1) is 0 Å². The monoisotopic (exact) mass is 485 g/mol. The number of halogens is 1. The lowest BCUT2D eigenvalue weighted by Crippen LogP contribution is -2.59. The molecule has 3 aliphatic rings. The molecule has 0 saturated carbocycles. The van der Waals surface area contributed by atoms with Gasteiger partial charge in [0.15, 0.2) is 0 Å². The van der Waals surface area contributed by atoms with Gasteiger partial charge in [0, 0.05) is 50.4 Å². The van der Waals surface area contributed by atoms with E-state index < -0.39 is 16.1 Å². The number of nitrogens with zero attached hydrogens (tertiary/aromatic N) is 3. The van der Waals surface area contributed by atoms with Crippen molar-refractivity contribution in [1.29, 1.82) is 0 Å². The lowest BCUT2D eigenvalue weighted by atomic mass is 9.85. The summed E-state index contributed by atoms with van der Waals surface area (Å²) in [5.41, 5.74) is 0. The number of benzene rings is 1. The number of piperidine rings is 2. The number of hydrogen-bond acceptors (Lipinski definition) is 6. The Kier molecular flexibility index (Phi) is 7.62. The summed E-state index contributed by atoms with van der Waals surface area (Å²) in [4.78, 5) is 17.0. The fourth-order valence-corrected chi connectivity index (χ4v) is 7.20. The summed E-state index contributed by atoms with van der Waals surface area (Å²) in [6, 6.07) is 5.87. The van der Waals surface area contributed by atoms with Crippen LogP contribution in [0.2, 0.25) is 5.02 Å². The first-order valence-electron chi connectivity index (χ1n) is 11.5. The molecule has 0 aromatic heterocycles. The number of rotatable bonds is 6. The third-order valence-corrected chi connectivity index (χ3v) is 9.09. The second-order valence-corrected chi connectivity index (χ2v) is 11.1. The van der Waals surface area contributed by atoms with E-state index in [-0.39, 0.29) is 29.7 Å². The number of piperazine rings is 1. The Morgan fingerprint density at radius 1 is 1.06 bits per heavy atom. The zero-order valence-corrected chi connectivity index (χ0v) is 19.8. The number of carbonyl (C=O) groups is 1. The van der Waals surface area contributed by atoms with E-state index in [1.165, 1.54) is 0 Å². The number of aliphatic hydroxyl groups is 1. The van der Waals surface area contributed by atoms with Gasteiger partial charge in [0.25, 0.3) is 0 Å². The number of fused-ring (bicyclic) bond motifs is 2. The number of carbonyl (C=O) groups excluding carboxylic acids is 1. The average Bonchev–Trinajstić information content (AvgIpc) is 2.80. The van der Waals surface area contributed by atoms with Crippen molar-refractivity contribution in [2.75, 3.05) is 39.3 Å². The normalized spacial score (nSPS) is 27.3. The van der Waals surface area contributed by atoms with Crippen molar-refractivity contribution in [3.63, 3.8) is 0 Å². The minimum Gasteiger partial charge on any atom is -0.444 e. The Balaban J connectivity index is 1.43. The third-order valence-electron chi connectivity index (χ3n) is 6.84. The van der Waals surface area contributed by atoms with Gasteiger partial charge in [-0.3, -0.25) is 4.90 Å². The van der Waals surface area contributed by atoms with E-state index in [4.69, 9.17) is 21.4 Å². The molecule has 8 nitrogen and oxygen atoms in total. The predicted octanol–water partition coefficient (Wildman–Crippen LogP) is 2.55. The van der Waals surface area contributed by atoms with Crippen LogP contribution in [0.5, 0.6) is 0 Å². The van der Waals surface area contributed by atoms with E-state index >= 15 is 0 Å². The molecular weight excluding hydrogens is 454 g/mol. The molecule has 10 heteroatoms. The maximum atomic E-state index is 13.5. The Hall–Kier alpha value is -1.39. The number of sulfonamides is 1. The molecule has 2 bridgehead atoms. The second-order valence-electron chi connectivity index (χ2n) is 8.85. The maximum absolute atomic E-state index is 13.5. The van der Waals surface area contributed by atoms with Crippen molar-refractivity contribution in [3.05, 3.63) is 29.3 Å². The van der Waals surface area contributed by atoms with Gasteiger partial charge in [-0.2, -0.15) is 4.31 Å². The molecule has 0 spiro atoms. The molecule has 3 heterocycles. The molecule has 2 unspecified atom stereocenters. The van der Waals surface area contributed by atoms with Crippen LogP contribution in [0.1, 0.15) is 38.5 Å². The minimum absolute atomic E-state index is 0.0561. The molecule has 3 fully saturated rings. The highest BCUT2D eigenvalue weighted by Gasteiger charge is 2.48. The SMILES string of the molecule is O=C(O[C@H]1CCC2CCCC1N2S(=O)(=O)c1ccc(Cl)cc1)N1CCN(CCCO)CC1. The van der Waals surface area contributed by atoms with Gasteiger partial charge in [0.1, 0.15) is 6.10 Å². The first kappa shape index (κ1) is 23.8. The first-order valence-corrected chi connectivity index (χ1v) is 13.3. The Labute approximate surface area is 195 Å². The number of amides is 1. The van der Waals surface area contributed by atoms with Gasteiger partial charge in [-0.25, -0.2) is 13.2 Å². The summed E-state index contributed by atoms with van der Waals surface area (Å²) in [6.45, 7) is 3.66. The molecule has 0 aliphatic carbocycles. The highest BCUT2D eigenvalue weighted by Crippen LogP contribution is 2.39. The molecule has 3 atom stereocenters. The fourth-order valence-electron chi connectivity index (χ4n) is 5.15. The van der Waals surface area contributed by atoms with E-state index in [9.17, 15) is 13.2 Å². The highest BCUT2D eigenvalue weighted by atomic mass is 35.5. The molecule has 1 aromatic rings. The maximum Gasteiger partial charge on any atom is 0.410 e. The van der Waals surface area contributed by atoms with Gasteiger partial charge in [0.2, 0.25) is 10.0 Å². The van der Waals surface area contributed by atoms with Crippen molar-refractivity contribution in [1.82, 2.24) is 14.1 Å². The molecule has 3 saturated heterocycles. The van der Waals surface area contributed by atoms with Gasteiger partial charge in [-0.1, -0.05) is 18.0 Å². The number of hydrogen-bond donors (Lipinski definition) is 1. The van der Waals surface area contributed by atoms with E-state index in [0.717, 1.165) is 38.9 Å². The van der Waals surface area contributed by atoms with Crippen LogP contribution in [0.4, 0.5) is 4.79 Å². The van der Waals surface area contributed by atoms with Crippen molar-refractivity contribution >= 4 is 27.7 Å². The largest absolute Gasteiger partial charge is 0.444 e. The van der Waals surface area contributed by atoms with E-state index in [1.807, 2.05) is 0 Å². The van der Waals surface area contributed by atoms with Gasteiger partial charge in [0.05, 0.1) is 10.9 Å². The minimum atomic E-state index is -3.71. The summed E-state index contributed by atoms with van der Waals surface area (Å²) < 4.78 is 34.5. The Bertz CT molecular complexity index is 889. The van der Waals surface area contributed by atoms with Crippen molar-refractivity contribution < 1.29 is 23.1 Å². The molecule has 1 N–H and O–H groups in total. The standard InChI is InChI=1S/C22H32ClN3O5S/c23-17-5-8-19(9-6-17)32(29,30)26-18-3-1-4-20(26)21(10-7-18)31-22(28)25-14-12-24(13-15-25)11-2-16-27/h5-6,8-9,18,20-21,27H,1-4,7,10-16H2/t18?,20?,21-/m0/s1. The van der Waals surface area contributed by atoms with Crippen LogP contribution in [-0.2, 0) is 14.8 Å². The summed E-state index contributed by atoms with van der Waals surface area (Å²) in [5, 5.41) is 9.48. The number of ether oxygens (including phenoxy) is 1. The molecule has 3 aliphatic heterocycles. The van der Waals surface area contributed by atoms with Crippen LogP contribution < -0.4 is 0 Å². The molecule has 4 rings (SSSR count). The summed E-state index contributed by atoms with van der Waals surface area (Å²) in [6.07, 6.45) is 3.77. The van der Waals surface area contributed by atoms with Crippen LogP contribution in [0.25, 0.3) is 0 Å². The Morgan fingerprint density at radius 3 is 2.47 bits per heavy atom. The molecular formula is C22H32ClN3O5S. The molecule has 1 amide bonds. The molecule has 0 radical (unpaired) electrons. The topological polar surface area (TPSA) is 90.4 Å². The average molecular weight is 486 g/mol. The summed E-state index contributed by atoms with van der Waals surface area (Å²) in [7, 11) is -3.71. The van der Waals surface area contributed by atoms with Crippen LogP contribution in [0.3, 0.4) is 0 Å². The van der Waals surface area contributed by atoms with Crippen LogP contribution in [-0.4, -0.2) is 91.2 Å². The molecule has 32 heavy (non-hydrogen) atoms. The lowest BCUT2D eigenvalue weighted by molar-refractivity contribution is -0.0289. The second kappa shape index (κ2) is 10.3. The van der Waals surface area contributed by atoms with Crippen molar-refractivity contribution in [2.24, 2.45) is 0 Å². The van der Waals surface area contributed by atoms with E-state index in [1.54, 1.807) is 33.5 Å². The first-order chi connectivity index (χ1) is 15.4. The quantitative estimate of drug-likeness (QED) is 0.666. The smallest absolute Gasteiger partial charge is 0.410 e. The molecule has 178 valence electrons. The Morgan fingerprint density at radius 2 is 1.78 bits per heavy atom. The van der Waals surface area contributed by atoms with Crippen LogP contribution in [0.15, 0.2) is 29.2 Å². The van der Waals surface area contributed by atoms with Gasteiger partial charge >= 0.3 is 6.09 Å². The fraction of sp³-hybridized carbons (Fsp3) is 0.682. The van der Waals surface area contributed by atoms with Crippen LogP contribution in [0, 0.1) is 0 Å². The zero-order chi connectivity index (χ0) is 22.7. The van der Waals surface area contributed by atoms with Crippen molar-refractivity contribution in [2.45, 2.75) is 61.6 Å². The predicted molar refractivity (Wildman–Crippen MR) is 121 cm³/mol. The summed E-state index contributed by atoms with van der Waals surface area (Å²) >= 11 is 5.95. The third kappa shape index (κ3) is 5.07. The van der Waals surface area contributed by atoms with Gasteiger partial charge < -0.3 is 14.7 Å². The number of aliphatic hydroxyl groups excluding tert-OH is 1. The van der Waals surface area contributed by atoms with Crippen molar-refractivity contribution in [3.8, 4) is 0 Å². The van der Waals surface area contributed by atoms with E-state index in [2.05, 4.69) is 4.90 Å². The van der Waals surface area contributed by atoms with E-state index in [0.29, 0.717) is 37.4 Å². The highest BCUT2D eigenvalue weighted by molar-refractivity contribution is 7.89.